The molecule has 2 aromatic rings. The van der Waals surface area contributed by atoms with Crippen LogP contribution < -0.4 is 4.90 Å². The molecule has 1 saturated heterocycles. The van der Waals surface area contributed by atoms with Gasteiger partial charge in [-0.05, 0) is 6.92 Å². The molecule has 0 bridgehead atoms. The van der Waals surface area contributed by atoms with Crippen molar-refractivity contribution < 1.29 is 30.3 Å². The van der Waals surface area contributed by atoms with Gasteiger partial charge in [0.2, 0.25) is 0 Å². The van der Waals surface area contributed by atoms with Crippen LogP contribution in [0.1, 0.15) is 13.2 Å². The second kappa shape index (κ2) is 7.39. The summed E-state index contributed by atoms with van der Waals surface area (Å²) in [6, 6.07) is 0. The van der Waals surface area contributed by atoms with Crippen molar-refractivity contribution >= 4 is 17.0 Å². The average Bonchev–Trinajstić information content (AvgIpc) is 3.14. The lowest BCUT2D eigenvalue weighted by molar-refractivity contribution is -0.0950. The topological polar surface area (TPSA) is 157 Å². The van der Waals surface area contributed by atoms with E-state index in [0.29, 0.717) is 17.0 Å². The Balaban J connectivity index is 2.03. The van der Waals surface area contributed by atoms with Gasteiger partial charge in [-0.15, -0.1) is 0 Å². The van der Waals surface area contributed by atoms with Crippen LogP contribution in [0.2, 0.25) is 0 Å². The van der Waals surface area contributed by atoms with Gasteiger partial charge in [-0.3, -0.25) is 4.57 Å². The highest BCUT2D eigenvalue weighted by molar-refractivity contribution is 5.83. The number of hydrogen-bond donors (Lipinski definition) is 5. The molecular formula is C15H23N5O6. The Kier molecular flexibility index (Phi) is 5.37. The Hall–Kier alpha value is -1.89. The third kappa shape index (κ3) is 3.02. The molecule has 0 aliphatic carbocycles. The molecule has 26 heavy (non-hydrogen) atoms. The minimum Gasteiger partial charge on any atom is -0.395 e. The maximum absolute atomic E-state index is 10.6. The highest BCUT2D eigenvalue weighted by Gasteiger charge is 2.53. The molecule has 4 atom stereocenters. The summed E-state index contributed by atoms with van der Waals surface area (Å²) in [4.78, 5) is 14.3. The van der Waals surface area contributed by atoms with Crippen LogP contribution in [0.4, 0.5) is 5.82 Å². The molecule has 2 aromatic heterocycles. The van der Waals surface area contributed by atoms with E-state index in [1.54, 1.807) is 4.90 Å². The average molecular weight is 369 g/mol. The summed E-state index contributed by atoms with van der Waals surface area (Å²) < 4.78 is 7.07. The fraction of sp³-hybridized carbons (Fsp3) is 0.667. The summed E-state index contributed by atoms with van der Waals surface area (Å²) in [5.41, 5.74) is -0.912. The lowest BCUT2D eigenvalue weighted by atomic mass is 9.96. The van der Waals surface area contributed by atoms with Crippen molar-refractivity contribution in [3.05, 3.63) is 12.7 Å². The maximum Gasteiger partial charge on any atom is 0.168 e. The molecule has 0 amide bonds. The van der Waals surface area contributed by atoms with Gasteiger partial charge in [-0.2, -0.15) is 0 Å². The first-order chi connectivity index (χ1) is 12.5. The zero-order chi connectivity index (χ0) is 18.9. The van der Waals surface area contributed by atoms with Gasteiger partial charge >= 0.3 is 0 Å². The van der Waals surface area contributed by atoms with Gasteiger partial charge in [0.15, 0.2) is 23.2 Å². The van der Waals surface area contributed by atoms with E-state index in [-0.39, 0.29) is 26.3 Å². The van der Waals surface area contributed by atoms with Gasteiger partial charge in [0.25, 0.3) is 0 Å². The quantitative estimate of drug-likeness (QED) is 0.357. The maximum atomic E-state index is 10.6. The molecule has 1 aliphatic heterocycles. The molecule has 0 aromatic carbocycles. The highest BCUT2D eigenvalue weighted by Crippen LogP contribution is 2.39. The third-order valence-corrected chi connectivity index (χ3v) is 4.57. The summed E-state index contributed by atoms with van der Waals surface area (Å²) in [6.07, 6.45) is -0.511. The Morgan fingerprint density at radius 3 is 2.46 bits per heavy atom. The van der Waals surface area contributed by atoms with Crippen molar-refractivity contribution in [3.63, 3.8) is 0 Å². The molecule has 0 radical (unpaired) electrons. The number of imidazole rings is 1. The summed E-state index contributed by atoms with van der Waals surface area (Å²) in [7, 11) is 0. The molecule has 1 fully saturated rings. The molecule has 1 aliphatic rings. The molecule has 0 saturated carbocycles. The minimum atomic E-state index is -1.66. The lowest BCUT2D eigenvalue weighted by Crippen LogP contribution is -2.44. The monoisotopic (exact) mass is 369 g/mol. The fourth-order valence-corrected chi connectivity index (χ4v) is 3.20. The van der Waals surface area contributed by atoms with E-state index in [1.165, 1.54) is 24.1 Å². The van der Waals surface area contributed by atoms with Gasteiger partial charge in [-0.1, -0.05) is 0 Å². The Bertz CT molecular complexity index is 747. The molecule has 3 heterocycles. The lowest BCUT2D eigenvalue weighted by Gasteiger charge is -2.27. The predicted octanol–water partition coefficient (Wildman–Crippen LogP) is -2.38. The zero-order valence-corrected chi connectivity index (χ0v) is 14.3. The van der Waals surface area contributed by atoms with E-state index in [0.717, 1.165) is 0 Å². The number of anilines is 1. The number of nitrogens with zero attached hydrogens (tertiary/aromatic N) is 5. The summed E-state index contributed by atoms with van der Waals surface area (Å²) >= 11 is 0. The van der Waals surface area contributed by atoms with Crippen molar-refractivity contribution in [1.29, 1.82) is 0 Å². The van der Waals surface area contributed by atoms with Crippen molar-refractivity contribution in [2.75, 3.05) is 37.8 Å². The molecule has 11 nitrogen and oxygen atoms in total. The van der Waals surface area contributed by atoms with Gasteiger partial charge in [0.1, 0.15) is 24.1 Å². The first-order valence-corrected chi connectivity index (χ1v) is 8.26. The number of ether oxygens (including phenoxy) is 1. The van der Waals surface area contributed by atoms with Gasteiger partial charge < -0.3 is 35.2 Å². The summed E-state index contributed by atoms with van der Waals surface area (Å²) in [5, 5.41) is 48.6. The second-order valence-corrected chi connectivity index (χ2v) is 6.34. The van der Waals surface area contributed by atoms with E-state index < -0.39 is 30.6 Å². The predicted molar refractivity (Wildman–Crippen MR) is 89.3 cm³/mol. The highest BCUT2D eigenvalue weighted by atomic mass is 16.6. The van der Waals surface area contributed by atoms with Crippen molar-refractivity contribution in [2.24, 2.45) is 0 Å². The fourth-order valence-electron chi connectivity index (χ4n) is 3.20. The molecular weight excluding hydrogens is 346 g/mol. The third-order valence-electron chi connectivity index (χ3n) is 4.57. The van der Waals surface area contributed by atoms with E-state index in [2.05, 4.69) is 15.0 Å². The molecule has 5 N–H and O–H groups in total. The van der Waals surface area contributed by atoms with Gasteiger partial charge in [0, 0.05) is 13.1 Å². The molecule has 0 unspecified atom stereocenters. The van der Waals surface area contributed by atoms with Crippen LogP contribution in [0.25, 0.3) is 11.2 Å². The van der Waals surface area contributed by atoms with Crippen LogP contribution in [0, 0.1) is 0 Å². The van der Waals surface area contributed by atoms with Crippen molar-refractivity contribution in [2.45, 2.75) is 31.0 Å². The number of aliphatic hydroxyl groups excluding tert-OH is 4. The Labute approximate surface area is 149 Å². The number of rotatable bonds is 7. The van der Waals surface area contributed by atoms with Crippen LogP contribution >= 0.6 is 0 Å². The molecule has 3 rings (SSSR count). The smallest absolute Gasteiger partial charge is 0.168 e. The number of hydrogen-bond acceptors (Lipinski definition) is 10. The largest absolute Gasteiger partial charge is 0.395 e. The van der Waals surface area contributed by atoms with Gasteiger partial charge in [0.05, 0.1) is 26.1 Å². The zero-order valence-electron chi connectivity index (χ0n) is 14.3. The van der Waals surface area contributed by atoms with Crippen LogP contribution in [0.3, 0.4) is 0 Å². The van der Waals surface area contributed by atoms with Crippen molar-refractivity contribution in [1.82, 2.24) is 19.5 Å². The first-order valence-electron chi connectivity index (χ1n) is 8.26. The van der Waals surface area contributed by atoms with Crippen molar-refractivity contribution in [3.8, 4) is 0 Å². The van der Waals surface area contributed by atoms with E-state index in [9.17, 15) is 25.5 Å². The molecule has 144 valence electrons. The standard InChI is InChI=1S/C15H23N5O6/c1-15(25)11(24)9(6-23)26-14(15)20-8-18-10-12(16-7-17-13(10)20)19(2-4-21)3-5-22/h7-9,11,14,21-25H,2-6H2,1H3/t9-,11-,14-,15-/m1/s1. The number of aliphatic hydroxyl groups is 5. The van der Waals surface area contributed by atoms with Crippen LogP contribution in [-0.4, -0.2) is 95.8 Å². The number of aromatic nitrogens is 4. The van der Waals surface area contributed by atoms with Crippen LogP contribution in [0.15, 0.2) is 12.7 Å². The van der Waals surface area contributed by atoms with Gasteiger partial charge in [-0.25, -0.2) is 15.0 Å². The van der Waals surface area contributed by atoms with E-state index in [1.807, 2.05) is 0 Å². The number of fused-ring (bicyclic) bond motifs is 1. The SMILES string of the molecule is C[C@@]1(O)[C@H](O)[C@@H](CO)O[C@H]1n1cnc2c(N(CCO)CCO)ncnc21. The Morgan fingerprint density at radius 2 is 1.88 bits per heavy atom. The Morgan fingerprint density at radius 1 is 1.19 bits per heavy atom. The first kappa shape index (κ1) is 18.9. The normalized spacial score (nSPS) is 28.8. The molecule has 11 heteroatoms. The minimum absolute atomic E-state index is 0.128. The second-order valence-electron chi connectivity index (χ2n) is 6.34. The summed E-state index contributed by atoms with van der Waals surface area (Å²) in [6.45, 7) is 1.22. The van der Waals surface area contributed by atoms with Crippen LogP contribution in [-0.2, 0) is 4.74 Å². The summed E-state index contributed by atoms with van der Waals surface area (Å²) in [5.74, 6) is 0.425. The van der Waals surface area contributed by atoms with E-state index in [4.69, 9.17) is 4.74 Å². The molecule has 0 spiro atoms. The van der Waals surface area contributed by atoms with Crippen LogP contribution in [0.5, 0.6) is 0 Å². The van der Waals surface area contributed by atoms with E-state index >= 15 is 0 Å².